The van der Waals surface area contributed by atoms with Crippen LogP contribution in [0.5, 0.6) is 0 Å². The van der Waals surface area contributed by atoms with Gasteiger partial charge in [0.05, 0.1) is 5.56 Å². The van der Waals surface area contributed by atoms with Crippen molar-refractivity contribution in [2.24, 2.45) is 5.41 Å². The van der Waals surface area contributed by atoms with E-state index in [1.54, 1.807) is 30.1 Å². The van der Waals surface area contributed by atoms with Crippen LogP contribution in [0.3, 0.4) is 0 Å². The van der Waals surface area contributed by atoms with E-state index in [9.17, 15) is 4.79 Å². The Hall–Kier alpha value is -1.22. The van der Waals surface area contributed by atoms with Crippen molar-refractivity contribution in [3.63, 3.8) is 0 Å². The zero-order chi connectivity index (χ0) is 14.1. The number of carbonyl (C=O) groups excluding carboxylic acids is 1. The van der Waals surface area contributed by atoms with Gasteiger partial charge in [-0.25, -0.2) is 0 Å². The van der Waals surface area contributed by atoms with Crippen molar-refractivity contribution in [3.8, 4) is 0 Å². The van der Waals surface area contributed by atoms with Gasteiger partial charge in [0, 0.05) is 23.8 Å². The lowest BCUT2D eigenvalue weighted by atomic mass is 9.87. The van der Waals surface area contributed by atoms with Gasteiger partial charge in [0.15, 0.2) is 0 Å². The van der Waals surface area contributed by atoms with E-state index in [0.717, 1.165) is 0 Å². The highest BCUT2D eigenvalue weighted by molar-refractivity contribution is 6.31. The molecule has 0 saturated carbocycles. The summed E-state index contributed by atoms with van der Waals surface area (Å²) < 4.78 is 0. The molecule has 0 aliphatic rings. The van der Waals surface area contributed by atoms with Crippen LogP contribution in [0.1, 0.15) is 38.1 Å². The molecule has 0 aliphatic heterocycles. The van der Waals surface area contributed by atoms with Gasteiger partial charge in [-0.2, -0.15) is 0 Å². The van der Waals surface area contributed by atoms with Gasteiger partial charge in [-0.3, -0.25) is 4.79 Å². The summed E-state index contributed by atoms with van der Waals surface area (Å²) in [6, 6.07) is 5.07. The molecule has 0 aromatic heterocycles. The number of benzene rings is 1. The molecule has 0 fully saturated rings. The third-order valence-electron chi connectivity index (χ3n) is 3.40. The maximum Gasteiger partial charge on any atom is 0.255 e. The second kappa shape index (κ2) is 5.19. The molecular weight excluding hydrogens is 248 g/mol. The van der Waals surface area contributed by atoms with E-state index in [4.69, 9.17) is 17.3 Å². The smallest absolute Gasteiger partial charge is 0.255 e. The van der Waals surface area contributed by atoms with Gasteiger partial charge < -0.3 is 10.6 Å². The Kier molecular flexibility index (Phi) is 4.28. The van der Waals surface area contributed by atoms with Crippen molar-refractivity contribution < 1.29 is 4.79 Å². The second-order valence-corrected chi connectivity index (χ2v) is 6.13. The molecule has 1 amide bonds. The van der Waals surface area contributed by atoms with Gasteiger partial charge in [0.1, 0.15) is 0 Å². The lowest BCUT2D eigenvalue weighted by Crippen LogP contribution is -2.43. The van der Waals surface area contributed by atoms with Gasteiger partial charge in [0.2, 0.25) is 0 Å². The SMILES string of the molecule is CC(N(C)C(=O)c1ccc(Cl)cc1N)C(C)(C)C. The van der Waals surface area contributed by atoms with Gasteiger partial charge in [-0.1, -0.05) is 32.4 Å². The second-order valence-electron chi connectivity index (χ2n) is 5.69. The molecule has 2 N–H and O–H groups in total. The molecule has 100 valence electrons. The average molecular weight is 269 g/mol. The maximum absolute atomic E-state index is 12.4. The molecule has 1 aromatic carbocycles. The van der Waals surface area contributed by atoms with Crippen LogP contribution < -0.4 is 5.73 Å². The fourth-order valence-electron chi connectivity index (χ4n) is 1.68. The fraction of sp³-hybridized carbons (Fsp3) is 0.500. The molecule has 1 aromatic rings. The van der Waals surface area contributed by atoms with E-state index in [0.29, 0.717) is 16.3 Å². The van der Waals surface area contributed by atoms with Crippen LogP contribution in [0.25, 0.3) is 0 Å². The molecule has 3 nitrogen and oxygen atoms in total. The van der Waals surface area contributed by atoms with Crippen molar-refractivity contribution in [1.29, 1.82) is 0 Å². The summed E-state index contributed by atoms with van der Waals surface area (Å²) in [5.41, 5.74) is 6.77. The molecule has 1 atom stereocenters. The van der Waals surface area contributed by atoms with E-state index < -0.39 is 0 Å². The molecule has 0 aliphatic carbocycles. The van der Waals surface area contributed by atoms with Crippen LogP contribution in [0.15, 0.2) is 18.2 Å². The highest BCUT2D eigenvalue weighted by Crippen LogP contribution is 2.26. The highest BCUT2D eigenvalue weighted by Gasteiger charge is 2.28. The zero-order valence-corrected chi connectivity index (χ0v) is 12.4. The Labute approximate surface area is 114 Å². The van der Waals surface area contributed by atoms with Crippen molar-refractivity contribution in [2.45, 2.75) is 33.7 Å². The topological polar surface area (TPSA) is 46.3 Å². The molecule has 0 heterocycles. The number of anilines is 1. The minimum atomic E-state index is -0.0772. The van der Waals surface area contributed by atoms with Crippen molar-refractivity contribution in [3.05, 3.63) is 28.8 Å². The largest absolute Gasteiger partial charge is 0.398 e. The minimum absolute atomic E-state index is 0.0194. The quantitative estimate of drug-likeness (QED) is 0.836. The normalized spacial score (nSPS) is 13.2. The van der Waals surface area contributed by atoms with Crippen molar-refractivity contribution in [1.82, 2.24) is 4.90 Å². The maximum atomic E-state index is 12.4. The monoisotopic (exact) mass is 268 g/mol. The van der Waals surface area contributed by atoms with Crippen LogP contribution in [0, 0.1) is 5.41 Å². The molecule has 0 spiro atoms. The number of hydrogen-bond donors (Lipinski definition) is 1. The summed E-state index contributed by atoms with van der Waals surface area (Å²) in [5, 5.41) is 0.538. The van der Waals surface area contributed by atoms with Gasteiger partial charge in [-0.05, 0) is 30.5 Å². The summed E-state index contributed by atoms with van der Waals surface area (Å²) in [5.74, 6) is -0.0772. The number of nitrogens with zero attached hydrogens (tertiary/aromatic N) is 1. The first-order chi connectivity index (χ1) is 8.14. The third-order valence-corrected chi connectivity index (χ3v) is 3.63. The third kappa shape index (κ3) is 3.16. The Morgan fingerprint density at radius 1 is 1.39 bits per heavy atom. The Bertz CT molecular complexity index is 452. The first-order valence-electron chi connectivity index (χ1n) is 5.96. The number of halogens is 1. The van der Waals surface area contributed by atoms with Gasteiger partial charge >= 0.3 is 0 Å². The van der Waals surface area contributed by atoms with Crippen LogP contribution in [0.4, 0.5) is 5.69 Å². The van der Waals surface area contributed by atoms with Crippen molar-refractivity contribution >= 4 is 23.2 Å². The molecule has 1 unspecified atom stereocenters. The zero-order valence-electron chi connectivity index (χ0n) is 11.6. The van der Waals surface area contributed by atoms with Crippen LogP contribution >= 0.6 is 11.6 Å². The van der Waals surface area contributed by atoms with E-state index in [-0.39, 0.29) is 17.4 Å². The molecular formula is C14H21ClN2O. The van der Waals surface area contributed by atoms with Crippen LogP contribution in [0.2, 0.25) is 5.02 Å². The summed E-state index contributed by atoms with van der Waals surface area (Å²) >= 11 is 5.83. The van der Waals surface area contributed by atoms with Crippen LogP contribution in [-0.4, -0.2) is 23.9 Å². The average Bonchev–Trinajstić information content (AvgIpc) is 2.25. The summed E-state index contributed by atoms with van der Waals surface area (Å²) in [6.07, 6.45) is 0. The van der Waals surface area contributed by atoms with Gasteiger partial charge in [-0.15, -0.1) is 0 Å². The van der Waals surface area contributed by atoms with E-state index in [2.05, 4.69) is 20.8 Å². The molecule has 0 saturated heterocycles. The highest BCUT2D eigenvalue weighted by atomic mass is 35.5. The molecule has 4 heteroatoms. The summed E-state index contributed by atoms with van der Waals surface area (Å²) in [4.78, 5) is 14.1. The number of carbonyl (C=O) groups is 1. The molecule has 0 bridgehead atoms. The number of rotatable bonds is 2. The first kappa shape index (κ1) is 14.8. The Balaban J connectivity index is 3.00. The number of amides is 1. The van der Waals surface area contributed by atoms with Gasteiger partial charge in [0.25, 0.3) is 5.91 Å². The minimum Gasteiger partial charge on any atom is -0.398 e. The van der Waals surface area contributed by atoms with E-state index in [1.807, 2.05) is 6.92 Å². The fourth-order valence-corrected chi connectivity index (χ4v) is 1.86. The number of nitrogen functional groups attached to an aromatic ring is 1. The molecule has 1 rings (SSSR count). The molecule has 18 heavy (non-hydrogen) atoms. The van der Waals surface area contributed by atoms with Crippen LogP contribution in [-0.2, 0) is 0 Å². The standard InChI is InChI=1S/C14H21ClN2O/c1-9(14(2,3)4)17(5)13(18)11-7-6-10(15)8-12(11)16/h6-9H,16H2,1-5H3. The predicted molar refractivity (Wildman–Crippen MR) is 76.9 cm³/mol. The van der Waals surface area contributed by atoms with E-state index >= 15 is 0 Å². The number of hydrogen-bond acceptors (Lipinski definition) is 2. The van der Waals surface area contributed by atoms with Crippen molar-refractivity contribution in [2.75, 3.05) is 12.8 Å². The number of nitrogens with two attached hydrogens (primary N) is 1. The Morgan fingerprint density at radius 2 is 1.94 bits per heavy atom. The molecule has 0 radical (unpaired) electrons. The Morgan fingerprint density at radius 3 is 2.39 bits per heavy atom. The predicted octanol–water partition coefficient (Wildman–Crippen LogP) is 3.43. The lowest BCUT2D eigenvalue weighted by Gasteiger charge is -2.35. The van der Waals surface area contributed by atoms with E-state index in [1.165, 1.54) is 0 Å². The summed E-state index contributed by atoms with van der Waals surface area (Å²) in [6.45, 7) is 8.34. The summed E-state index contributed by atoms with van der Waals surface area (Å²) in [7, 11) is 1.80. The lowest BCUT2D eigenvalue weighted by molar-refractivity contribution is 0.0630. The first-order valence-corrected chi connectivity index (χ1v) is 6.34.